The predicted octanol–water partition coefficient (Wildman–Crippen LogP) is 2.24. The highest BCUT2D eigenvalue weighted by Crippen LogP contribution is 2.14. The van der Waals surface area contributed by atoms with E-state index in [1.165, 1.54) is 12.1 Å². The molecule has 1 atom stereocenters. The number of hydrogen-bond donors (Lipinski definition) is 4. The van der Waals surface area contributed by atoms with Crippen LogP contribution in [0.1, 0.15) is 38.6 Å². The quantitative estimate of drug-likeness (QED) is 0.138. The predicted molar refractivity (Wildman–Crippen MR) is 166 cm³/mol. The lowest BCUT2D eigenvalue weighted by Gasteiger charge is -2.20. The van der Waals surface area contributed by atoms with Gasteiger partial charge in [-0.15, -0.1) is 5.10 Å². The van der Waals surface area contributed by atoms with Crippen molar-refractivity contribution >= 4 is 19.0 Å². The summed E-state index contributed by atoms with van der Waals surface area (Å²) in [4.78, 5) is 35.1. The number of nitrogens with zero attached hydrogens (tertiary/aromatic N) is 6. The number of pyridine rings is 2. The van der Waals surface area contributed by atoms with E-state index in [0.29, 0.717) is 30.8 Å². The Labute approximate surface area is 260 Å². The first-order valence-electron chi connectivity index (χ1n) is 14.3. The molecule has 0 aliphatic rings. The summed E-state index contributed by atoms with van der Waals surface area (Å²) in [6.45, 7) is 1.76. The summed E-state index contributed by atoms with van der Waals surface area (Å²) in [5.41, 5.74) is 4.76. The van der Waals surface area contributed by atoms with E-state index in [2.05, 4.69) is 30.5 Å². The molecule has 228 valence electrons. The van der Waals surface area contributed by atoms with Crippen molar-refractivity contribution in [2.75, 3.05) is 0 Å². The Balaban J connectivity index is 1.20. The van der Waals surface area contributed by atoms with Gasteiger partial charge in [0.2, 0.25) is 5.91 Å². The third-order valence-electron chi connectivity index (χ3n) is 7.05. The van der Waals surface area contributed by atoms with Crippen LogP contribution in [0.25, 0.3) is 5.69 Å². The molecule has 0 aliphatic carbocycles. The van der Waals surface area contributed by atoms with Gasteiger partial charge in [-0.3, -0.25) is 19.7 Å². The van der Waals surface area contributed by atoms with E-state index in [0.717, 1.165) is 22.8 Å². The zero-order valence-electron chi connectivity index (χ0n) is 24.3. The molecule has 0 fully saturated rings. The molecule has 12 nitrogen and oxygen atoms in total. The average molecular weight is 605 g/mol. The summed E-state index contributed by atoms with van der Waals surface area (Å²) >= 11 is 0. The minimum atomic E-state index is -1.82. The zero-order chi connectivity index (χ0) is 31.6. The third kappa shape index (κ3) is 9.13. The zero-order valence-corrected chi connectivity index (χ0v) is 24.3. The molecule has 3 aromatic heterocycles. The maximum absolute atomic E-state index is 12.7. The molecule has 13 heteroatoms. The topological polar surface area (TPSA) is 167 Å². The van der Waals surface area contributed by atoms with E-state index < -0.39 is 24.9 Å². The highest BCUT2D eigenvalue weighted by molar-refractivity contribution is 6.43. The van der Waals surface area contributed by atoms with Gasteiger partial charge >= 0.3 is 13.1 Å². The number of nitrogens with one attached hydrogen (secondary N) is 1. The minimum Gasteiger partial charge on any atom is -0.478 e. The van der Waals surface area contributed by atoms with E-state index in [4.69, 9.17) is 0 Å². The van der Waals surface area contributed by atoms with Crippen molar-refractivity contribution in [3.8, 4) is 5.69 Å². The number of hydrogen-bond acceptors (Lipinski definition) is 9. The molecular weight excluding hydrogens is 573 g/mol. The molecule has 3 heterocycles. The number of carboxylic acids is 1. The Morgan fingerprint density at radius 3 is 2.09 bits per heavy atom. The van der Waals surface area contributed by atoms with E-state index in [9.17, 15) is 24.7 Å². The first-order valence-corrected chi connectivity index (χ1v) is 14.3. The molecule has 0 unspecified atom stereocenters. The van der Waals surface area contributed by atoms with Gasteiger partial charge in [0.05, 0.1) is 46.9 Å². The Bertz CT molecular complexity index is 1660. The van der Waals surface area contributed by atoms with Gasteiger partial charge in [0.15, 0.2) is 0 Å². The number of rotatable bonds is 14. The monoisotopic (exact) mass is 605 g/mol. The van der Waals surface area contributed by atoms with Crippen molar-refractivity contribution in [2.24, 2.45) is 0 Å². The van der Waals surface area contributed by atoms with Crippen LogP contribution in [-0.2, 0) is 37.3 Å². The summed E-state index contributed by atoms with van der Waals surface area (Å²) in [6, 6.07) is 25.0. The third-order valence-corrected chi connectivity index (χ3v) is 7.05. The first kappa shape index (κ1) is 31.2. The van der Waals surface area contributed by atoms with Gasteiger partial charge in [-0.2, -0.15) is 0 Å². The largest absolute Gasteiger partial charge is 0.478 e. The molecule has 0 bridgehead atoms. The van der Waals surface area contributed by atoms with Crippen LogP contribution in [-0.4, -0.2) is 70.0 Å². The maximum Gasteiger partial charge on any atom is 0.475 e. The van der Waals surface area contributed by atoms with Crippen molar-refractivity contribution < 1.29 is 24.7 Å². The number of carboxylic acid groups (broad SMARTS) is 1. The summed E-state index contributed by atoms with van der Waals surface area (Å²) in [6.07, 6.45) is 5.47. The smallest absolute Gasteiger partial charge is 0.475 e. The highest BCUT2D eigenvalue weighted by atomic mass is 16.4. The Hall–Kier alpha value is -5.24. The van der Waals surface area contributed by atoms with Crippen LogP contribution < -0.4 is 5.32 Å². The Morgan fingerprint density at radius 1 is 0.822 bits per heavy atom. The lowest BCUT2D eigenvalue weighted by atomic mass is 9.75. The fraction of sp³-hybridized carbons (Fsp3) is 0.188. The van der Waals surface area contributed by atoms with Crippen LogP contribution in [0.5, 0.6) is 0 Å². The molecule has 5 rings (SSSR count). The number of aromatic nitrogens is 5. The number of carbonyl (C=O) groups excluding carboxylic acids is 1. The maximum atomic E-state index is 12.7. The van der Waals surface area contributed by atoms with Crippen LogP contribution >= 0.6 is 0 Å². The first-order chi connectivity index (χ1) is 21.8. The molecule has 0 radical (unpaired) electrons. The fourth-order valence-electron chi connectivity index (χ4n) is 4.86. The summed E-state index contributed by atoms with van der Waals surface area (Å²) in [5, 5.41) is 40.2. The van der Waals surface area contributed by atoms with Crippen LogP contribution in [0.15, 0.2) is 104 Å². The van der Waals surface area contributed by atoms with Crippen molar-refractivity contribution in [1.29, 1.82) is 0 Å². The van der Waals surface area contributed by atoms with Crippen molar-refractivity contribution in [1.82, 2.24) is 35.2 Å². The standard InChI is InChI=1S/C32H32BN7O5/c41-31(36-30(33(44)45)17-24-6-5-7-25(16-24)32(42)43)18-23-10-12-29(13-11-23)40-22-28(37-38-40)21-39(19-26-8-1-3-14-34-26)20-27-9-2-4-15-35-27/h1-16,22,30,44-45H,17-21H2,(H,36,41)(H,42,43)/t30-/m0/s1. The summed E-state index contributed by atoms with van der Waals surface area (Å²) in [5.74, 6) is -2.50. The molecule has 2 aromatic carbocycles. The van der Waals surface area contributed by atoms with Crippen LogP contribution in [0.2, 0.25) is 0 Å². The number of aromatic carboxylic acids is 1. The fourth-order valence-corrected chi connectivity index (χ4v) is 4.86. The van der Waals surface area contributed by atoms with Crippen molar-refractivity contribution in [2.45, 2.75) is 38.4 Å². The van der Waals surface area contributed by atoms with Crippen molar-refractivity contribution in [3.63, 3.8) is 0 Å². The summed E-state index contributed by atoms with van der Waals surface area (Å²) in [7, 11) is -1.82. The average Bonchev–Trinajstić information content (AvgIpc) is 3.50. The summed E-state index contributed by atoms with van der Waals surface area (Å²) < 4.78 is 1.67. The molecule has 4 N–H and O–H groups in total. The second-order valence-electron chi connectivity index (χ2n) is 10.6. The highest BCUT2D eigenvalue weighted by Gasteiger charge is 2.26. The lowest BCUT2D eigenvalue weighted by molar-refractivity contribution is -0.120. The van der Waals surface area contributed by atoms with Gasteiger partial charge in [0.1, 0.15) is 0 Å². The lowest BCUT2D eigenvalue weighted by Crippen LogP contribution is -2.48. The molecule has 0 aliphatic heterocycles. The number of benzene rings is 2. The van der Waals surface area contributed by atoms with E-state index in [1.54, 1.807) is 41.3 Å². The van der Waals surface area contributed by atoms with Gasteiger partial charge in [-0.1, -0.05) is 41.6 Å². The molecule has 1 amide bonds. The Morgan fingerprint density at radius 2 is 1.49 bits per heavy atom. The molecular formula is C32H32BN7O5. The number of amides is 1. The van der Waals surface area contributed by atoms with Crippen LogP contribution in [0, 0.1) is 0 Å². The molecule has 5 aromatic rings. The van der Waals surface area contributed by atoms with Crippen LogP contribution in [0.3, 0.4) is 0 Å². The van der Waals surface area contributed by atoms with Gasteiger partial charge in [-0.05, 0) is 66.1 Å². The normalized spacial score (nSPS) is 11.7. The second-order valence-corrected chi connectivity index (χ2v) is 10.6. The van der Waals surface area contributed by atoms with Gasteiger partial charge in [0, 0.05) is 32.0 Å². The van der Waals surface area contributed by atoms with Gasteiger partial charge in [0.25, 0.3) is 0 Å². The molecule has 0 saturated heterocycles. The van der Waals surface area contributed by atoms with E-state index in [1.807, 2.05) is 54.7 Å². The molecule has 0 spiro atoms. The Kier molecular flexibility index (Phi) is 10.4. The molecule has 45 heavy (non-hydrogen) atoms. The van der Waals surface area contributed by atoms with Crippen LogP contribution in [0.4, 0.5) is 0 Å². The van der Waals surface area contributed by atoms with Crippen molar-refractivity contribution in [3.05, 3.63) is 137 Å². The van der Waals surface area contributed by atoms with Gasteiger partial charge in [-0.25, -0.2) is 9.48 Å². The van der Waals surface area contributed by atoms with E-state index >= 15 is 0 Å². The second kappa shape index (κ2) is 15.0. The van der Waals surface area contributed by atoms with Gasteiger partial charge < -0.3 is 20.5 Å². The minimum absolute atomic E-state index is 0.0112. The van der Waals surface area contributed by atoms with E-state index in [-0.39, 0.29) is 18.4 Å². The SMILES string of the molecule is O=C(Cc1ccc(-n2cc(CN(Cc3ccccn3)Cc3ccccn3)nn2)cc1)N[C@@H](Cc1cccc(C(=O)O)c1)B(O)O. The number of carbonyl (C=O) groups is 2. The molecule has 0 saturated carbocycles.